The van der Waals surface area contributed by atoms with E-state index in [0.717, 1.165) is 50.2 Å². The van der Waals surface area contributed by atoms with Gasteiger partial charge in [-0.3, -0.25) is 0 Å². The predicted octanol–water partition coefficient (Wildman–Crippen LogP) is 4.73. The Hall–Kier alpha value is -2.54. The van der Waals surface area contributed by atoms with E-state index in [-0.39, 0.29) is 0 Å². The molecule has 6 nitrogen and oxygen atoms in total. The van der Waals surface area contributed by atoms with Crippen molar-refractivity contribution < 1.29 is 13.2 Å². The Balaban J connectivity index is 2.15. The molecule has 1 aromatic carbocycles. The van der Waals surface area contributed by atoms with Gasteiger partial charge < -0.3 is 9.64 Å². The molecule has 0 saturated heterocycles. The molecular formula is C24H33N3O3S. The number of ether oxygens (including phenoxy) is 1. The lowest BCUT2D eigenvalue weighted by Crippen LogP contribution is -2.36. The van der Waals surface area contributed by atoms with E-state index in [0.29, 0.717) is 17.9 Å². The zero-order valence-electron chi connectivity index (χ0n) is 18.7. The summed E-state index contributed by atoms with van der Waals surface area (Å²) in [5.74, 6) is 1.15. The maximum Gasteiger partial charge on any atom is 0.158 e. The fourth-order valence-corrected chi connectivity index (χ4v) is 4.74. The van der Waals surface area contributed by atoms with E-state index in [1.807, 2.05) is 42.6 Å². The summed E-state index contributed by atoms with van der Waals surface area (Å²) in [4.78, 5) is 2.28. The molecule has 1 atom stereocenters. The van der Waals surface area contributed by atoms with Crippen molar-refractivity contribution in [3.63, 3.8) is 0 Å². The van der Waals surface area contributed by atoms with Gasteiger partial charge in [-0.05, 0) is 37.1 Å². The summed E-state index contributed by atoms with van der Waals surface area (Å²) in [6.45, 7) is 6.04. The molecule has 1 aliphatic rings. The molecule has 1 aliphatic carbocycles. The third-order valence-electron chi connectivity index (χ3n) is 5.43. The Morgan fingerprint density at radius 2 is 1.77 bits per heavy atom. The monoisotopic (exact) mass is 443 g/mol. The number of para-hydroxylation sites is 1. The van der Waals surface area contributed by atoms with Crippen molar-refractivity contribution in [2.75, 3.05) is 19.3 Å². The van der Waals surface area contributed by atoms with Gasteiger partial charge in [0.15, 0.2) is 9.84 Å². The molecule has 0 aliphatic heterocycles. The molecule has 168 valence electrons. The van der Waals surface area contributed by atoms with Gasteiger partial charge in [-0.2, -0.15) is 5.10 Å². The van der Waals surface area contributed by atoms with E-state index < -0.39 is 15.1 Å². The molecule has 7 heteroatoms. The molecule has 0 spiro atoms. The zero-order valence-corrected chi connectivity index (χ0v) is 19.5. The van der Waals surface area contributed by atoms with E-state index in [4.69, 9.17) is 4.74 Å². The number of hydrogen-bond donors (Lipinski definition) is 0. The number of sulfone groups is 1. The molecule has 1 heterocycles. The van der Waals surface area contributed by atoms with Gasteiger partial charge in [0, 0.05) is 43.9 Å². The van der Waals surface area contributed by atoms with Crippen LogP contribution in [0.1, 0.15) is 46.0 Å². The van der Waals surface area contributed by atoms with Gasteiger partial charge in [0.2, 0.25) is 0 Å². The molecular weight excluding hydrogens is 410 g/mol. The van der Waals surface area contributed by atoms with E-state index in [9.17, 15) is 8.42 Å². The average Bonchev–Trinajstić information content (AvgIpc) is 3.29. The molecule has 0 radical (unpaired) electrons. The number of benzene rings is 1. The Bertz CT molecular complexity index is 988. The van der Waals surface area contributed by atoms with Gasteiger partial charge in [0.05, 0.1) is 5.70 Å². The van der Waals surface area contributed by atoms with Gasteiger partial charge in [-0.15, -0.1) is 0 Å². The quantitative estimate of drug-likeness (QED) is 0.502. The number of rotatable bonds is 11. The highest BCUT2D eigenvalue weighted by Gasteiger charge is 2.36. The summed E-state index contributed by atoms with van der Waals surface area (Å²) < 4.78 is 33.9. The summed E-state index contributed by atoms with van der Waals surface area (Å²) in [7, 11) is -3.42. The summed E-state index contributed by atoms with van der Waals surface area (Å²) in [5, 5.41) is 3.59. The molecule has 0 saturated carbocycles. The van der Waals surface area contributed by atoms with Crippen LogP contribution >= 0.6 is 0 Å². The maximum absolute atomic E-state index is 12.9. The smallest absolute Gasteiger partial charge is 0.158 e. The second-order valence-electron chi connectivity index (χ2n) is 7.97. The van der Waals surface area contributed by atoms with Gasteiger partial charge in [-0.1, -0.05) is 44.9 Å². The van der Waals surface area contributed by atoms with Crippen LogP contribution in [-0.2, 0) is 9.84 Å². The highest BCUT2D eigenvalue weighted by Crippen LogP contribution is 2.34. The van der Waals surface area contributed by atoms with Crippen LogP contribution in [0.3, 0.4) is 0 Å². The largest absolute Gasteiger partial charge is 0.458 e. The number of aromatic nitrogens is 2. The summed E-state index contributed by atoms with van der Waals surface area (Å²) in [6, 6.07) is 11.3. The van der Waals surface area contributed by atoms with Crippen molar-refractivity contribution in [3.05, 3.63) is 66.3 Å². The van der Waals surface area contributed by atoms with Crippen molar-refractivity contribution in [1.29, 1.82) is 0 Å². The van der Waals surface area contributed by atoms with E-state index >= 15 is 0 Å². The third-order valence-corrected chi connectivity index (χ3v) is 6.85. The molecule has 0 N–H and O–H groups in total. The first-order chi connectivity index (χ1) is 14.9. The van der Waals surface area contributed by atoms with Crippen molar-refractivity contribution in [2.24, 2.45) is 0 Å². The van der Waals surface area contributed by atoms with Crippen LogP contribution in [0.25, 0.3) is 5.70 Å². The fourth-order valence-electron chi connectivity index (χ4n) is 3.71. The second-order valence-corrected chi connectivity index (χ2v) is 10.2. The predicted molar refractivity (Wildman–Crippen MR) is 125 cm³/mol. The van der Waals surface area contributed by atoms with Crippen molar-refractivity contribution in [2.45, 2.75) is 51.2 Å². The standard InChI is InChI=1S/C24H33N3O3S/c1-4-6-15-26(16-7-5-2)22-18-20(27-17-11-14-25-27)19-23(31(3,28)29)24(22)30-21-12-9-8-10-13-21/h8-14,17-18,23H,4-7,15-16,19H2,1-3H3. The topological polar surface area (TPSA) is 64.4 Å². The molecule has 3 rings (SSSR count). The van der Waals surface area contributed by atoms with E-state index in [1.54, 1.807) is 10.9 Å². The zero-order chi connectivity index (χ0) is 22.3. The van der Waals surface area contributed by atoms with Crippen LogP contribution < -0.4 is 4.74 Å². The highest BCUT2D eigenvalue weighted by molar-refractivity contribution is 7.91. The van der Waals surface area contributed by atoms with Gasteiger partial charge in [-0.25, -0.2) is 13.1 Å². The van der Waals surface area contributed by atoms with Gasteiger partial charge in [0.25, 0.3) is 0 Å². The van der Waals surface area contributed by atoms with E-state index in [1.165, 1.54) is 6.26 Å². The normalized spacial score (nSPS) is 16.9. The number of hydrogen-bond acceptors (Lipinski definition) is 5. The molecule has 0 bridgehead atoms. The Kier molecular flexibility index (Phi) is 7.96. The Labute approximate surface area is 186 Å². The van der Waals surface area contributed by atoms with Crippen LogP contribution in [0.15, 0.2) is 66.3 Å². The molecule has 2 aromatic rings. The minimum absolute atomic E-state index is 0.321. The lowest BCUT2D eigenvalue weighted by molar-refractivity contribution is 0.303. The van der Waals surface area contributed by atoms with Gasteiger partial charge in [0.1, 0.15) is 16.8 Å². The molecule has 1 unspecified atom stereocenters. The van der Waals surface area contributed by atoms with Crippen LogP contribution in [-0.4, -0.2) is 47.7 Å². The fraction of sp³-hybridized carbons (Fsp3) is 0.458. The lowest BCUT2D eigenvalue weighted by atomic mass is 10.0. The van der Waals surface area contributed by atoms with Crippen LogP contribution in [0.5, 0.6) is 5.75 Å². The number of nitrogens with zero attached hydrogens (tertiary/aromatic N) is 3. The second kappa shape index (κ2) is 10.7. The summed E-state index contributed by atoms with van der Waals surface area (Å²) >= 11 is 0. The number of allylic oxidation sites excluding steroid dienone is 2. The Morgan fingerprint density at radius 3 is 2.32 bits per heavy atom. The van der Waals surface area contributed by atoms with Crippen molar-refractivity contribution >= 4 is 15.5 Å². The first-order valence-electron chi connectivity index (χ1n) is 11.1. The van der Waals surface area contributed by atoms with Crippen molar-refractivity contribution in [1.82, 2.24) is 14.7 Å². The molecule has 31 heavy (non-hydrogen) atoms. The molecule has 0 amide bonds. The average molecular weight is 444 g/mol. The summed E-state index contributed by atoms with van der Waals surface area (Å²) in [6.07, 6.45) is 11.4. The van der Waals surface area contributed by atoms with Gasteiger partial charge >= 0.3 is 0 Å². The SMILES string of the molecule is CCCCN(CCCC)C1=C(Oc2ccccc2)C(S(C)(=O)=O)CC(n2cccn2)=C1. The number of unbranched alkanes of at least 4 members (excludes halogenated alkanes) is 2. The minimum Gasteiger partial charge on any atom is -0.458 e. The van der Waals surface area contributed by atoms with E-state index in [2.05, 4.69) is 29.9 Å². The van der Waals surface area contributed by atoms with Crippen LogP contribution in [0.2, 0.25) is 0 Å². The van der Waals surface area contributed by atoms with Crippen molar-refractivity contribution in [3.8, 4) is 5.75 Å². The van der Waals surface area contributed by atoms with Crippen LogP contribution in [0, 0.1) is 0 Å². The molecule has 1 aromatic heterocycles. The highest BCUT2D eigenvalue weighted by atomic mass is 32.2. The van der Waals surface area contributed by atoms with Crippen LogP contribution in [0.4, 0.5) is 0 Å². The summed E-state index contributed by atoms with van der Waals surface area (Å²) in [5.41, 5.74) is 1.70. The maximum atomic E-state index is 12.9. The third kappa shape index (κ3) is 6.00. The first-order valence-corrected chi connectivity index (χ1v) is 13.0. The lowest BCUT2D eigenvalue weighted by Gasteiger charge is -2.34. The first kappa shape index (κ1) is 23.1. The molecule has 0 fully saturated rings. The minimum atomic E-state index is -3.42. The Morgan fingerprint density at radius 1 is 1.10 bits per heavy atom.